The van der Waals surface area contributed by atoms with E-state index in [0.29, 0.717) is 19.3 Å². The van der Waals surface area contributed by atoms with Gasteiger partial charge >= 0.3 is 0 Å². The molecule has 0 fully saturated rings. The van der Waals surface area contributed by atoms with Crippen LogP contribution < -0.4 is 10.1 Å². The minimum Gasteiger partial charge on any atom is -0.489 e. The molecule has 1 aliphatic heterocycles. The van der Waals surface area contributed by atoms with Gasteiger partial charge in [0.15, 0.2) is 0 Å². The number of fused-ring (bicyclic) bond motifs is 1. The highest BCUT2D eigenvalue weighted by atomic mass is 16.5. The molecule has 1 heterocycles. The van der Waals surface area contributed by atoms with Gasteiger partial charge in [-0.2, -0.15) is 0 Å². The van der Waals surface area contributed by atoms with Crippen molar-refractivity contribution >= 4 is 5.69 Å². The van der Waals surface area contributed by atoms with Crippen LogP contribution in [-0.2, 0) is 11.2 Å². The normalized spacial score (nSPS) is 18.3. The number of benzene rings is 1. The van der Waals surface area contributed by atoms with Crippen molar-refractivity contribution in [1.82, 2.24) is 0 Å². The van der Waals surface area contributed by atoms with E-state index in [1.807, 2.05) is 19.9 Å². The first-order chi connectivity index (χ1) is 8.66. The molecule has 18 heavy (non-hydrogen) atoms. The lowest BCUT2D eigenvalue weighted by molar-refractivity contribution is 0.0554. The van der Waals surface area contributed by atoms with E-state index in [1.54, 1.807) is 0 Å². The number of nitrogens with one attached hydrogen (secondary N) is 1. The first-order valence-electron chi connectivity index (χ1n) is 6.79. The summed E-state index contributed by atoms with van der Waals surface area (Å²) in [6, 6.07) is 6.79. The predicted octanol–water partition coefficient (Wildman–Crippen LogP) is 3.24. The molecule has 0 saturated carbocycles. The number of hydrogen-bond acceptors (Lipinski definition) is 3. The highest BCUT2D eigenvalue weighted by Crippen LogP contribution is 2.33. The van der Waals surface area contributed by atoms with Crippen molar-refractivity contribution in [3.05, 3.63) is 23.8 Å². The number of rotatable bonds is 5. The molecule has 0 spiro atoms. The highest BCUT2D eigenvalue weighted by Gasteiger charge is 2.17. The van der Waals surface area contributed by atoms with Crippen LogP contribution in [-0.4, -0.2) is 25.4 Å². The van der Waals surface area contributed by atoms with Crippen LogP contribution in [0.5, 0.6) is 5.75 Å². The van der Waals surface area contributed by atoms with Gasteiger partial charge < -0.3 is 14.8 Å². The van der Waals surface area contributed by atoms with Gasteiger partial charge in [0.25, 0.3) is 0 Å². The maximum absolute atomic E-state index is 5.82. The van der Waals surface area contributed by atoms with Crippen molar-refractivity contribution in [3.8, 4) is 5.75 Å². The SMILES string of the molecule is CC1CCc2cccc(OCCOC(C)C)c2N1. The molecule has 1 unspecified atom stereocenters. The lowest BCUT2D eigenvalue weighted by atomic mass is 9.98. The van der Waals surface area contributed by atoms with E-state index in [9.17, 15) is 0 Å². The molecule has 0 aromatic heterocycles. The van der Waals surface area contributed by atoms with E-state index >= 15 is 0 Å². The summed E-state index contributed by atoms with van der Waals surface area (Å²) in [6.07, 6.45) is 2.58. The second-order valence-electron chi connectivity index (χ2n) is 5.14. The van der Waals surface area contributed by atoms with Gasteiger partial charge in [-0.05, 0) is 45.2 Å². The fourth-order valence-electron chi connectivity index (χ4n) is 2.20. The van der Waals surface area contributed by atoms with Crippen LogP contribution in [0, 0.1) is 0 Å². The lowest BCUT2D eigenvalue weighted by Crippen LogP contribution is -2.23. The van der Waals surface area contributed by atoms with Crippen LogP contribution in [0.3, 0.4) is 0 Å². The molecule has 0 radical (unpaired) electrons. The fourth-order valence-corrected chi connectivity index (χ4v) is 2.20. The second kappa shape index (κ2) is 6.10. The number of ether oxygens (including phenoxy) is 2. The Hall–Kier alpha value is -1.22. The zero-order valence-corrected chi connectivity index (χ0v) is 11.5. The summed E-state index contributed by atoms with van der Waals surface area (Å²) in [5, 5.41) is 3.51. The quantitative estimate of drug-likeness (QED) is 0.813. The van der Waals surface area contributed by atoms with E-state index in [0.717, 1.165) is 12.2 Å². The van der Waals surface area contributed by atoms with Gasteiger partial charge in [-0.3, -0.25) is 0 Å². The average molecular weight is 249 g/mol. The van der Waals surface area contributed by atoms with Crippen molar-refractivity contribution in [2.24, 2.45) is 0 Å². The molecule has 0 amide bonds. The largest absolute Gasteiger partial charge is 0.489 e. The molecular formula is C15H23NO2. The van der Waals surface area contributed by atoms with Crippen molar-refractivity contribution in [2.45, 2.75) is 45.8 Å². The van der Waals surface area contributed by atoms with Gasteiger partial charge in [-0.25, -0.2) is 0 Å². The van der Waals surface area contributed by atoms with Gasteiger partial charge in [-0.1, -0.05) is 12.1 Å². The highest BCUT2D eigenvalue weighted by molar-refractivity contribution is 5.63. The van der Waals surface area contributed by atoms with Gasteiger partial charge in [0.2, 0.25) is 0 Å². The second-order valence-corrected chi connectivity index (χ2v) is 5.14. The van der Waals surface area contributed by atoms with Gasteiger partial charge in [-0.15, -0.1) is 0 Å². The number of aryl methyl sites for hydroxylation is 1. The molecule has 1 aromatic rings. The summed E-state index contributed by atoms with van der Waals surface area (Å²) < 4.78 is 11.3. The summed E-state index contributed by atoms with van der Waals surface area (Å²) >= 11 is 0. The van der Waals surface area contributed by atoms with E-state index < -0.39 is 0 Å². The third kappa shape index (κ3) is 3.39. The smallest absolute Gasteiger partial charge is 0.142 e. The van der Waals surface area contributed by atoms with Gasteiger partial charge in [0, 0.05) is 6.04 Å². The summed E-state index contributed by atoms with van der Waals surface area (Å²) in [4.78, 5) is 0. The summed E-state index contributed by atoms with van der Waals surface area (Å²) in [7, 11) is 0. The molecule has 0 aliphatic carbocycles. The number of para-hydroxylation sites is 1. The molecule has 2 rings (SSSR count). The molecule has 3 heteroatoms. The first-order valence-corrected chi connectivity index (χ1v) is 6.79. The molecule has 1 atom stereocenters. The zero-order valence-electron chi connectivity index (χ0n) is 11.5. The Labute approximate surface area is 109 Å². The molecule has 0 bridgehead atoms. The third-order valence-corrected chi connectivity index (χ3v) is 3.14. The lowest BCUT2D eigenvalue weighted by Gasteiger charge is -2.26. The molecule has 3 nitrogen and oxygen atoms in total. The molecule has 0 saturated heterocycles. The molecule has 1 aromatic carbocycles. The maximum Gasteiger partial charge on any atom is 0.142 e. The Kier molecular flexibility index (Phi) is 4.48. The Balaban J connectivity index is 1.96. The molecule has 1 aliphatic rings. The number of hydrogen-bond donors (Lipinski definition) is 1. The average Bonchev–Trinajstić information content (AvgIpc) is 2.34. The van der Waals surface area contributed by atoms with Crippen molar-refractivity contribution in [3.63, 3.8) is 0 Å². The van der Waals surface area contributed by atoms with Gasteiger partial charge in [0.05, 0.1) is 18.4 Å². The maximum atomic E-state index is 5.82. The standard InChI is InChI=1S/C15H23NO2/c1-11(2)17-9-10-18-14-6-4-5-13-8-7-12(3)16-15(13)14/h4-6,11-12,16H,7-10H2,1-3H3. The summed E-state index contributed by atoms with van der Waals surface area (Å²) in [6.45, 7) is 7.52. The van der Waals surface area contributed by atoms with Crippen LogP contribution in [0.4, 0.5) is 5.69 Å². The Morgan fingerprint density at radius 2 is 2.17 bits per heavy atom. The predicted molar refractivity (Wildman–Crippen MR) is 74.4 cm³/mol. The minimum absolute atomic E-state index is 0.261. The number of anilines is 1. The Bertz CT molecular complexity index is 390. The van der Waals surface area contributed by atoms with Crippen LogP contribution in [0.15, 0.2) is 18.2 Å². The van der Waals surface area contributed by atoms with Crippen LogP contribution in [0.2, 0.25) is 0 Å². The fraction of sp³-hybridized carbons (Fsp3) is 0.600. The van der Waals surface area contributed by atoms with Crippen LogP contribution in [0.1, 0.15) is 32.8 Å². The molecule has 100 valence electrons. The minimum atomic E-state index is 0.261. The van der Waals surface area contributed by atoms with E-state index in [4.69, 9.17) is 9.47 Å². The Morgan fingerprint density at radius 1 is 1.33 bits per heavy atom. The molecular weight excluding hydrogens is 226 g/mol. The van der Waals surface area contributed by atoms with Crippen LogP contribution >= 0.6 is 0 Å². The first kappa shape index (κ1) is 13.2. The van der Waals surface area contributed by atoms with E-state index in [-0.39, 0.29) is 6.10 Å². The zero-order chi connectivity index (χ0) is 13.0. The third-order valence-electron chi connectivity index (χ3n) is 3.14. The Morgan fingerprint density at radius 3 is 2.94 bits per heavy atom. The van der Waals surface area contributed by atoms with Crippen LogP contribution in [0.25, 0.3) is 0 Å². The van der Waals surface area contributed by atoms with E-state index in [1.165, 1.54) is 17.7 Å². The summed E-state index contributed by atoms with van der Waals surface area (Å²) in [5.74, 6) is 0.950. The monoisotopic (exact) mass is 249 g/mol. The van der Waals surface area contributed by atoms with Crippen molar-refractivity contribution in [1.29, 1.82) is 0 Å². The van der Waals surface area contributed by atoms with E-state index in [2.05, 4.69) is 24.4 Å². The van der Waals surface area contributed by atoms with Crippen molar-refractivity contribution in [2.75, 3.05) is 18.5 Å². The topological polar surface area (TPSA) is 30.5 Å². The van der Waals surface area contributed by atoms with Gasteiger partial charge in [0.1, 0.15) is 12.4 Å². The molecule has 1 N–H and O–H groups in total. The summed E-state index contributed by atoms with van der Waals surface area (Å²) in [5.41, 5.74) is 2.52. The van der Waals surface area contributed by atoms with Crippen molar-refractivity contribution < 1.29 is 9.47 Å².